The molecule has 21 heavy (non-hydrogen) atoms. The van der Waals surface area contributed by atoms with Gasteiger partial charge >= 0.3 is 24.3 Å². The van der Waals surface area contributed by atoms with Crippen LogP contribution in [0.2, 0.25) is 0 Å². The van der Waals surface area contributed by atoms with Crippen molar-refractivity contribution in [1.82, 2.24) is 10.6 Å². The van der Waals surface area contributed by atoms with Crippen molar-refractivity contribution in [3.8, 4) is 0 Å². The van der Waals surface area contributed by atoms with E-state index in [0.717, 1.165) is 13.1 Å². The number of hydrogen-bond acceptors (Lipinski definition) is 4. The SMILES string of the molecule is O=C(O)C(F)(F)F.O=C(O)C(F)(F)F.O=C1CNCCN1. The van der Waals surface area contributed by atoms with Gasteiger partial charge in [-0.2, -0.15) is 26.3 Å². The zero-order chi connectivity index (χ0) is 17.3. The van der Waals surface area contributed by atoms with Gasteiger partial charge in [0.15, 0.2) is 0 Å². The molecule has 0 bridgehead atoms. The molecule has 1 heterocycles. The fourth-order valence-corrected chi connectivity index (χ4v) is 0.555. The quantitative estimate of drug-likeness (QED) is 0.464. The van der Waals surface area contributed by atoms with E-state index in [1.165, 1.54) is 0 Å². The predicted octanol–water partition coefficient (Wildman–Crippen LogP) is -0.0276. The maximum atomic E-state index is 10.6. The van der Waals surface area contributed by atoms with Crippen LogP contribution < -0.4 is 10.6 Å². The molecule has 0 aromatic rings. The summed E-state index contributed by atoms with van der Waals surface area (Å²) in [5.41, 5.74) is 0. The van der Waals surface area contributed by atoms with E-state index in [4.69, 9.17) is 19.8 Å². The minimum absolute atomic E-state index is 0.103. The summed E-state index contributed by atoms with van der Waals surface area (Å²) in [5.74, 6) is -5.41. The Morgan fingerprint density at radius 1 is 0.905 bits per heavy atom. The molecule has 1 saturated heterocycles. The summed E-state index contributed by atoms with van der Waals surface area (Å²) >= 11 is 0. The Labute approximate surface area is 112 Å². The van der Waals surface area contributed by atoms with Crippen LogP contribution in [0.1, 0.15) is 0 Å². The second-order valence-corrected chi connectivity index (χ2v) is 3.13. The van der Waals surface area contributed by atoms with Gasteiger partial charge in [-0.3, -0.25) is 4.79 Å². The Hall–Kier alpha value is -2.05. The third kappa shape index (κ3) is 14.2. The number of hydrogen-bond donors (Lipinski definition) is 4. The normalized spacial score (nSPS) is 14.7. The van der Waals surface area contributed by atoms with E-state index >= 15 is 0 Å². The van der Waals surface area contributed by atoms with Crippen LogP contribution in [0.5, 0.6) is 0 Å². The lowest BCUT2D eigenvalue weighted by Crippen LogP contribution is -2.44. The third-order valence-electron chi connectivity index (χ3n) is 1.39. The molecule has 124 valence electrons. The molecule has 0 saturated carbocycles. The number of amides is 1. The van der Waals surface area contributed by atoms with Crippen LogP contribution in [-0.4, -0.2) is 60.0 Å². The van der Waals surface area contributed by atoms with E-state index in [0.29, 0.717) is 6.54 Å². The third-order valence-corrected chi connectivity index (χ3v) is 1.39. The molecule has 0 aliphatic carbocycles. The van der Waals surface area contributed by atoms with Crippen molar-refractivity contribution in [3.63, 3.8) is 0 Å². The number of carboxylic acids is 2. The van der Waals surface area contributed by atoms with Crippen molar-refractivity contribution in [2.45, 2.75) is 12.4 Å². The number of carbonyl (C=O) groups excluding carboxylic acids is 1. The number of halogens is 6. The van der Waals surface area contributed by atoms with E-state index in [2.05, 4.69) is 10.6 Å². The van der Waals surface area contributed by atoms with E-state index < -0.39 is 24.3 Å². The van der Waals surface area contributed by atoms with Crippen molar-refractivity contribution < 1.29 is 50.9 Å². The molecule has 0 unspecified atom stereocenters. The Bertz CT molecular complexity index is 335. The number of rotatable bonds is 0. The highest BCUT2D eigenvalue weighted by atomic mass is 19.4. The molecule has 0 atom stereocenters. The number of carbonyl (C=O) groups is 3. The maximum Gasteiger partial charge on any atom is 0.490 e. The van der Waals surface area contributed by atoms with Crippen LogP contribution in [0.25, 0.3) is 0 Å². The number of nitrogens with one attached hydrogen (secondary N) is 2. The summed E-state index contributed by atoms with van der Waals surface area (Å²) in [6.45, 7) is 2.17. The molecule has 0 radical (unpaired) electrons. The first-order valence-corrected chi connectivity index (χ1v) is 4.86. The van der Waals surface area contributed by atoms with E-state index in [1.807, 2.05) is 0 Å². The van der Waals surface area contributed by atoms with Crippen LogP contribution in [0, 0.1) is 0 Å². The highest BCUT2D eigenvalue weighted by molar-refractivity contribution is 5.78. The van der Waals surface area contributed by atoms with Crippen LogP contribution in [0.15, 0.2) is 0 Å². The van der Waals surface area contributed by atoms with Gasteiger partial charge in [0.2, 0.25) is 5.91 Å². The van der Waals surface area contributed by atoms with Crippen LogP contribution in [-0.2, 0) is 14.4 Å². The molecular formula is C8H10F6N2O5. The number of alkyl halides is 6. The van der Waals surface area contributed by atoms with E-state index in [1.54, 1.807) is 0 Å². The summed E-state index contributed by atoms with van der Waals surface area (Å²) in [6, 6.07) is 0. The average molecular weight is 328 g/mol. The van der Waals surface area contributed by atoms with Gasteiger partial charge in [-0.05, 0) is 0 Å². The van der Waals surface area contributed by atoms with E-state index in [-0.39, 0.29) is 5.91 Å². The standard InChI is InChI=1S/C4H8N2O.2C2HF3O2/c7-4-3-5-1-2-6-4;2*3-2(4,5)1(6)7/h5H,1-3H2,(H,6,7);2*(H,6,7). The molecule has 4 N–H and O–H groups in total. The van der Waals surface area contributed by atoms with Gasteiger partial charge in [-0.1, -0.05) is 0 Å². The molecule has 1 aliphatic heterocycles. The van der Waals surface area contributed by atoms with Gasteiger partial charge < -0.3 is 20.8 Å². The van der Waals surface area contributed by atoms with Gasteiger partial charge in [0, 0.05) is 13.1 Å². The van der Waals surface area contributed by atoms with Gasteiger partial charge in [0.1, 0.15) is 0 Å². The predicted molar refractivity (Wildman–Crippen MR) is 53.3 cm³/mol. The van der Waals surface area contributed by atoms with Crippen molar-refractivity contribution in [1.29, 1.82) is 0 Å². The first-order chi connectivity index (χ1) is 9.28. The zero-order valence-electron chi connectivity index (χ0n) is 10.0. The first kappa shape index (κ1) is 21.3. The van der Waals surface area contributed by atoms with Crippen molar-refractivity contribution in [2.24, 2.45) is 0 Å². The largest absolute Gasteiger partial charge is 0.490 e. The summed E-state index contributed by atoms with van der Waals surface area (Å²) < 4.78 is 63.5. The molecule has 0 spiro atoms. The molecule has 7 nitrogen and oxygen atoms in total. The fraction of sp³-hybridized carbons (Fsp3) is 0.625. The lowest BCUT2D eigenvalue weighted by atomic mass is 10.4. The Morgan fingerprint density at radius 3 is 1.33 bits per heavy atom. The molecule has 1 aliphatic rings. The number of piperazine rings is 1. The zero-order valence-corrected chi connectivity index (χ0v) is 10.0. The number of carboxylic acid groups (broad SMARTS) is 2. The molecule has 0 aromatic carbocycles. The minimum atomic E-state index is -5.08. The average Bonchev–Trinajstić information content (AvgIpc) is 2.28. The maximum absolute atomic E-state index is 10.6. The fourth-order valence-electron chi connectivity index (χ4n) is 0.555. The highest BCUT2D eigenvalue weighted by Crippen LogP contribution is 2.13. The first-order valence-electron chi connectivity index (χ1n) is 4.86. The molecular weight excluding hydrogens is 318 g/mol. The number of aliphatic carboxylic acids is 2. The van der Waals surface area contributed by atoms with Gasteiger partial charge in [0.05, 0.1) is 6.54 Å². The molecule has 1 rings (SSSR count). The van der Waals surface area contributed by atoms with E-state index in [9.17, 15) is 31.1 Å². The van der Waals surface area contributed by atoms with Gasteiger partial charge in [0.25, 0.3) is 0 Å². The highest BCUT2D eigenvalue weighted by Gasteiger charge is 2.38. The summed E-state index contributed by atoms with van der Waals surface area (Å²) in [7, 11) is 0. The monoisotopic (exact) mass is 328 g/mol. The molecule has 0 aromatic heterocycles. The van der Waals surface area contributed by atoms with Crippen LogP contribution in [0.3, 0.4) is 0 Å². The summed E-state index contributed by atoms with van der Waals surface area (Å²) in [6.07, 6.45) is -10.2. The lowest BCUT2D eigenvalue weighted by molar-refractivity contribution is -0.193. The van der Waals surface area contributed by atoms with Crippen molar-refractivity contribution in [3.05, 3.63) is 0 Å². The molecule has 1 fully saturated rings. The minimum Gasteiger partial charge on any atom is -0.475 e. The van der Waals surface area contributed by atoms with Crippen LogP contribution in [0.4, 0.5) is 26.3 Å². The van der Waals surface area contributed by atoms with Crippen molar-refractivity contribution >= 4 is 17.8 Å². The summed E-state index contributed by atoms with van der Waals surface area (Å²) in [5, 5.41) is 19.9. The Balaban J connectivity index is 0. The van der Waals surface area contributed by atoms with Crippen LogP contribution >= 0.6 is 0 Å². The lowest BCUT2D eigenvalue weighted by Gasteiger charge is -2.11. The Morgan fingerprint density at radius 2 is 1.24 bits per heavy atom. The topological polar surface area (TPSA) is 116 Å². The van der Waals surface area contributed by atoms with Gasteiger partial charge in [-0.15, -0.1) is 0 Å². The van der Waals surface area contributed by atoms with Gasteiger partial charge in [-0.25, -0.2) is 9.59 Å². The Kier molecular flexibility index (Phi) is 9.10. The smallest absolute Gasteiger partial charge is 0.475 e. The summed E-state index contributed by atoms with van der Waals surface area (Å²) in [4.78, 5) is 28.1. The molecule has 13 heteroatoms. The van der Waals surface area contributed by atoms with Crippen molar-refractivity contribution in [2.75, 3.05) is 19.6 Å². The second-order valence-electron chi connectivity index (χ2n) is 3.13. The second kappa shape index (κ2) is 8.99. The molecule has 1 amide bonds.